The van der Waals surface area contributed by atoms with Gasteiger partial charge in [-0.15, -0.1) is 0 Å². The molecule has 2 atom stereocenters. The van der Waals surface area contributed by atoms with E-state index in [0.29, 0.717) is 13.1 Å². The molecular weight excluding hydrogens is 288 g/mol. The number of carbonyl (C=O) groups is 2. The number of unbranched alkanes of at least 4 members (excludes halogenated alkanes) is 1. The van der Waals surface area contributed by atoms with Crippen molar-refractivity contribution in [2.24, 2.45) is 10.8 Å². The topological polar surface area (TPSA) is 40.6 Å². The van der Waals surface area contributed by atoms with E-state index in [1.165, 1.54) is 0 Å². The molecule has 1 aliphatic carbocycles. The van der Waals surface area contributed by atoms with Crippen molar-refractivity contribution in [3.63, 3.8) is 0 Å². The molecule has 0 N–H and O–H groups in total. The SMILES string of the molecule is CCCCN(CCC)C(=O)C(=O)N1CC2(C)CC1CC(C)(C)C2. The summed E-state index contributed by atoms with van der Waals surface area (Å²) in [4.78, 5) is 29.2. The second-order valence-electron chi connectivity index (χ2n) is 8.79. The lowest BCUT2D eigenvalue weighted by molar-refractivity contribution is -0.152. The zero-order valence-corrected chi connectivity index (χ0v) is 15.7. The van der Waals surface area contributed by atoms with Crippen molar-refractivity contribution in [1.29, 1.82) is 0 Å². The summed E-state index contributed by atoms with van der Waals surface area (Å²) in [7, 11) is 0. The molecule has 0 aromatic carbocycles. The molecule has 0 aromatic heterocycles. The van der Waals surface area contributed by atoms with E-state index in [9.17, 15) is 9.59 Å². The molecule has 2 bridgehead atoms. The number of hydrogen-bond acceptors (Lipinski definition) is 2. The van der Waals surface area contributed by atoms with Gasteiger partial charge in [0.2, 0.25) is 0 Å². The van der Waals surface area contributed by atoms with Crippen molar-refractivity contribution in [2.45, 2.75) is 79.2 Å². The number of likely N-dealkylation sites (tertiary alicyclic amines) is 1. The molecule has 4 nitrogen and oxygen atoms in total. The highest BCUT2D eigenvalue weighted by molar-refractivity contribution is 6.35. The van der Waals surface area contributed by atoms with Crippen LogP contribution in [0.4, 0.5) is 0 Å². The standard InChI is InChI=1S/C19H34N2O2/c1-6-8-10-20(9-7-2)16(22)17(23)21-14-19(5)12-15(21)11-18(3,4)13-19/h15H,6-14H2,1-5H3. The van der Waals surface area contributed by atoms with E-state index in [-0.39, 0.29) is 28.7 Å². The molecule has 4 heteroatoms. The Kier molecular flexibility index (Phi) is 5.42. The number of rotatable bonds is 5. The molecule has 2 unspecified atom stereocenters. The molecule has 23 heavy (non-hydrogen) atoms. The predicted molar refractivity (Wildman–Crippen MR) is 93.0 cm³/mol. The van der Waals surface area contributed by atoms with Gasteiger partial charge in [-0.3, -0.25) is 9.59 Å². The summed E-state index contributed by atoms with van der Waals surface area (Å²) in [5.41, 5.74) is 0.447. The van der Waals surface area contributed by atoms with Gasteiger partial charge in [0, 0.05) is 25.7 Å². The quantitative estimate of drug-likeness (QED) is 0.727. The molecule has 1 saturated carbocycles. The molecule has 0 radical (unpaired) electrons. The van der Waals surface area contributed by atoms with Crippen LogP contribution in [0.25, 0.3) is 0 Å². The Labute approximate surface area is 141 Å². The number of carbonyl (C=O) groups excluding carboxylic acids is 2. The maximum absolute atomic E-state index is 12.9. The van der Waals surface area contributed by atoms with Crippen molar-refractivity contribution in [2.75, 3.05) is 19.6 Å². The minimum Gasteiger partial charge on any atom is -0.334 e. The summed E-state index contributed by atoms with van der Waals surface area (Å²) < 4.78 is 0. The predicted octanol–water partition coefficient (Wildman–Crippen LogP) is 3.45. The summed E-state index contributed by atoms with van der Waals surface area (Å²) in [5, 5.41) is 0. The molecule has 2 aliphatic rings. The molecule has 2 amide bonds. The zero-order chi connectivity index (χ0) is 17.3. The molecule has 1 aliphatic heterocycles. The zero-order valence-electron chi connectivity index (χ0n) is 15.7. The fraction of sp³-hybridized carbons (Fsp3) is 0.895. The van der Waals surface area contributed by atoms with E-state index in [4.69, 9.17) is 0 Å². The molecule has 1 saturated heterocycles. The number of nitrogens with zero attached hydrogens (tertiary/aromatic N) is 2. The van der Waals surface area contributed by atoms with Gasteiger partial charge in [0.05, 0.1) is 0 Å². The average Bonchev–Trinajstić information content (AvgIpc) is 2.71. The van der Waals surface area contributed by atoms with Crippen LogP contribution in [0.5, 0.6) is 0 Å². The minimum absolute atomic E-state index is 0.182. The van der Waals surface area contributed by atoms with Crippen LogP contribution >= 0.6 is 0 Å². The normalized spacial score (nSPS) is 28.7. The van der Waals surface area contributed by atoms with Crippen LogP contribution in [0.15, 0.2) is 0 Å². The van der Waals surface area contributed by atoms with E-state index in [0.717, 1.165) is 45.1 Å². The summed E-state index contributed by atoms with van der Waals surface area (Å²) >= 11 is 0. The summed E-state index contributed by atoms with van der Waals surface area (Å²) in [5.74, 6) is -0.546. The van der Waals surface area contributed by atoms with Crippen molar-refractivity contribution in [3.05, 3.63) is 0 Å². The smallest absolute Gasteiger partial charge is 0.312 e. The van der Waals surface area contributed by atoms with Crippen LogP contribution in [0.3, 0.4) is 0 Å². The van der Waals surface area contributed by atoms with Gasteiger partial charge in [0.25, 0.3) is 0 Å². The molecule has 0 spiro atoms. The van der Waals surface area contributed by atoms with E-state index in [1.807, 2.05) is 4.90 Å². The van der Waals surface area contributed by atoms with E-state index < -0.39 is 0 Å². The Bertz CT molecular complexity index is 460. The van der Waals surface area contributed by atoms with E-state index >= 15 is 0 Å². The summed E-state index contributed by atoms with van der Waals surface area (Å²) in [6.45, 7) is 13.2. The van der Waals surface area contributed by atoms with E-state index in [1.54, 1.807) is 4.90 Å². The van der Waals surface area contributed by atoms with Crippen LogP contribution < -0.4 is 0 Å². The fourth-order valence-electron chi connectivity index (χ4n) is 4.89. The highest BCUT2D eigenvalue weighted by atomic mass is 16.2. The molecule has 0 aromatic rings. The first-order valence-corrected chi connectivity index (χ1v) is 9.31. The molecule has 2 rings (SSSR count). The van der Waals surface area contributed by atoms with Gasteiger partial charge in [-0.2, -0.15) is 0 Å². The number of hydrogen-bond donors (Lipinski definition) is 0. The lowest BCUT2D eigenvalue weighted by Gasteiger charge is -2.39. The fourth-order valence-corrected chi connectivity index (χ4v) is 4.89. The highest BCUT2D eigenvalue weighted by Crippen LogP contribution is 2.52. The van der Waals surface area contributed by atoms with Gasteiger partial charge in [-0.1, -0.05) is 41.0 Å². The Morgan fingerprint density at radius 2 is 1.78 bits per heavy atom. The van der Waals surface area contributed by atoms with Gasteiger partial charge in [-0.25, -0.2) is 0 Å². The number of fused-ring (bicyclic) bond motifs is 2. The van der Waals surface area contributed by atoms with Crippen molar-refractivity contribution >= 4 is 11.8 Å². The van der Waals surface area contributed by atoms with Crippen molar-refractivity contribution in [1.82, 2.24) is 9.80 Å². The maximum atomic E-state index is 12.9. The third-order valence-corrected chi connectivity index (χ3v) is 5.42. The first-order valence-electron chi connectivity index (χ1n) is 9.31. The molecular formula is C19H34N2O2. The first-order chi connectivity index (χ1) is 10.7. The second-order valence-corrected chi connectivity index (χ2v) is 8.79. The van der Waals surface area contributed by atoms with Crippen molar-refractivity contribution < 1.29 is 9.59 Å². The Morgan fingerprint density at radius 3 is 2.39 bits per heavy atom. The molecule has 132 valence electrons. The van der Waals surface area contributed by atoms with Crippen LogP contribution in [0.2, 0.25) is 0 Å². The lowest BCUT2D eigenvalue weighted by atomic mass is 9.65. The lowest BCUT2D eigenvalue weighted by Crippen LogP contribution is -2.48. The van der Waals surface area contributed by atoms with Crippen LogP contribution in [-0.2, 0) is 9.59 Å². The minimum atomic E-state index is -0.283. The largest absolute Gasteiger partial charge is 0.334 e. The number of amides is 2. The van der Waals surface area contributed by atoms with Crippen LogP contribution in [0, 0.1) is 10.8 Å². The molecule has 2 fully saturated rings. The Hall–Kier alpha value is -1.06. The third kappa shape index (κ3) is 4.07. The van der Waals surface area contributed by atoms with Gasteiger partial charge < -0.3 is 9.80 Å². The summed E-state index contributed by atoms with van der Waals surface area (Å²) in [6.07, 6.45) is 6.12. The third-order valence-electron chi connectivity index (χ3n) is 5.42. The molecule has 1 heterocycles. The van der Waals surface area contributed by atoms with E-state index in [2.05, 4.69) is 34.6 Å². The maximum Gasteiger partial charge on any atom is 0.312 e. The first kappa shape index (κ1) is 18.3. The van der Waals surface area contributed by atoms with Gasteiger partial charge in [-0.05, 0) is 42.9 Å². The Morgan fingerprint density at radius 1 is 1.09 bits per heavy atom. The van der Waals surface area contributed by atoms with Gasteiger partial charge in [0.1, 0.15) is 0 Å². The monoisotopic (exact) mass is 322 g/mol. The average molecular weight is 322 g/mol. The summed E-state index contributed by atoms with van der Waals surface area (Å²) in [6, 6.07) is 0.245. The van der Waals surface area contributed by atoms with Crippen molar-refractivity contribution in [3.8, 4) is 0 Å². The van der Waals surface area contributed by atoms with Crippen LogP contribution in [0.1, 0.15) is 73.1 Å². The van der Waals surface area contributed by atoms with Gasteiger partial charge in [0.15, 0.2) is 0 Å². The van der Waals surface area contributed by atoms with Gasteiger partial charge >= 0.3 is 11.8 Å². The van der Waals surface area contributed by atoms with Crippen LogP contribution in [-0.4, -0.2) is 47.3 Å². The second kappa shape index (κ2) is 6.82. The highest BCUT2D eigenvalue weighted by Gasteiger charge is 2.52. The Balaban J connectivity index is 2.09.